The van der Waals surface area contributed by atoms with Gasteiger partial charge in [-0.05, 0) is 69.2 Å². The van der Waals surface area contributed by atoms with Crippen LogP contribution in [-0.2, 0) is 5.60 Å². The third kappa shape index (κ3) is 3.12. The lowest BCUT2D eigenvalue weighted by atomic mass is 9.98. The topological polar surface area (TPSA) is 42.2 Å². The van der Waals surface area contributed by atoms with Crippen molar-refractivity contribution < 1.29 is 9.50 Å². The molecular weight excluding hydrogens is 281 g/mol. The maximum Gasteiger partial charge on any atom is 0.257 e. The van der Waals surface area contributed by atoms with E-state index in [1.54, 1.807) is 36.6 Å². The SMILES string of the molecule is CCC(C)n1c(-c2ccc(F)cc2)ccc(C(C)(C)O)c1=O. The highest BCUT2D eigenvalue weighted by Crippen LogP contribution is 2.25. The molecule has 1 N–H and O–H groups in total. The molecule has 0 aliphatic heterocycles. The molecule has 1 atom stereocenters. The molecule has 1 aromatic heterocycles. The number of nitrogens with zero attached hydrogens (tertiary/aromatic N) is 1. The molecule has 2 rings (SSSR count). The van der Waals surface area contributed by atoms with Crippen molar-refractivity contribution in [2.24, 2.45) is 0 Å². The molecular formula is C18H22FNO2. The summed E-state index contributed by atoms with van der Waals surface area (Å²) in [6.07, 6.45) is 0.781. The number of aliphatic hydroxyl groups is 1. The lowest BCUT2D eigenvalue weighted by Gasteiger charge is -2.24. The Morgan fingerprint density at radius 3 is 2.27 bits per heavy atom. The quantitative estimate of drug-likeness (QED) is 0.932. The zero-order valence-electron chi connectivity index (χ0n) is 13.4. The molecule has 118 valence electrons. The Morgan fingerprint density at radius 1 is 1.18 bits per heavy atom. The van der Waals surface area contributed by atoms with Crippen molar-refractivity contribution in [3.05, 3.63) is 58.1 Å². The summed E-state index contributed by atoms with van der Waals surface area (Å²) in [4.78, 5) is 12.8. The van der Waals surface area contributed by atoms with Gasteiger partial charge in [-0.1, -0.05) is 6.92 Å². The van der Waals surface area contributed by atoms with E-state index in [2.05, 4.69) is 0 Å². The molecule has 0 amide bonds. The first-order valence-electron chi connectivity index (χ1n) is 7.50. The molecule has 4 heteroatoms. The summed E-state index contributed by atoms with van der Waals surface area (Å²) in [6, 6.07) is 9.53. The van der Waals surface area contributed by atoms with Crippen molar-refractivity contribution in [2.75, 3.05) is 0 Å². The molecule has 0 radical (unpaired) electrons. The van der Waals surface area contributed by atoms with Crippen LogP contribution in [0, 0.1) is 5.82 Å². The molecule has 1 aromatic carbocycles. The highest BCUT2D eigenvalue weighted by molar-refractivity contribution is 5.60. The normalized spacial score (nSPS) is 13.2. The summed E-state index contributed by atoms with van der Waals surface area (Å²) in [7, 11) is 0. The van der Waals surface area contributed by atoms with Crippen molar-refractivity contribution in [3.63, 3.8) is 0 Å². The summed E-state index contributed by atoms with van der Waals surface area (Å²) >= 11 is 0. The molecule has 0 aliphatic rings. The van der Waals surface area contributed by atoms with Crippen molar-refractivity contribution >= 4 is 0 Å². The second kappa shape index (κ2) is 6.05. The number of aromatic nitrogens is 1. The zero-order valence-corrected chi connectivity index (χ0v) is 13.4. The Labute approximate surface area is 130 Å². The van der Waals surface area contributed by atoms with Crippen LogP contribution in [0.25, 0.3) is 11.3 Å². The lowest BCUT2D eigenvalue weighted by molar-refractivity contribution is 0.0763. The molecule has 22 heavy (non-hydrogen) atoms. The van der Waals surface area contributed by atoms with Gasteiger partial charge >= 0.3 is 0 Å². The monoisotopic (exact) mass is 303 g/mol. The molecule has 0 saturated heterocycles. The number of hydrogen-bond donors (Lipinski definition) is 1. The Morgan fingerprint density at radius 2 is 1.77 bits per heavy atom. The average Bonchev–Trinajstić information content (AvgIpc) is 2.45. The number of hydrogen-bond acceptors (Lipinski definition) is 2. The summed E-state index contributed by atoms with van der Waals surface area (Å²) in [5.41, 5.74) is 0.462. The molecule has 0 bridgehead atoms. The van der Waals surface area contributed by atoms with Gasteiger partial charge in [-0.15, -0.1) is 0 Å². The minimum atomic E-state index is -1.20. The average molecular weight is 303 g/mol. The minimum absolute atomic E-state index is 0.0187. The van der Waals surface area contributed by atoms with Gasteiger partial charge in [-0.3, -0.25) is 4.79 Å². The molecule has 3 nitrogen and oxygen atoms in total. The second-order valence-corrected chi connectivity index (χ2v) is 6.13. The molecule has 1 unspecified atom stereocenters. The molecule has 0 spiro atoms. The predicted molar refractivity (Wildman–Crippen MR) is 86.3 cm³/mol. The lowest BCUT2D eigenvalue weighted by Crippen LogP contribution is -2.33. The van der Waals surface area contributed by atoms with Crippen LogP contribution in [0.4, 0.5) is 4.39 Å². The fourth-order valence-corrected chi connectivity index (χ4v) is 2.49. The number of rotatable bonds is 4. The maximum atomic E-state index is 13.1. The predicted octanol–water partition coefficient (Wildman–Crippen LogP) is 3.85. The van der Waals surface area contributed by atoms with Crippen molar-refractivity contribution in [1.29, 1.82) is 0 Å². The Hall–Kier alpha value is -1.94. The standard InChI is InChI=1S/C18H22FNO2/c1-5-12(2)20-16(13-6-8-14(19)9-7-13)11-10-15(17(20)21)18(3,4)22/h6-12,22H,5H2,1-4H3. The minimum Gasteiger partial charge on any atom is -0.386 e. The zero-order chi connectivity index (χ0) is 16.5. The van der Waals surface area contributed by atoms with E-state index >= 15 is 0 Å². The van der Waals surface area contributed by atoms with Gasteiger partial charge in [0.2, 0.25) is 0 Å². The van der Waals surface area contributed by atoms with E-state index in [0.29, 0.717) is 5.56 Å². The van der Waals surface area contributed by atoms with Crippen LogP contribution in [0.15, 0.2) is 41.2 Å². The Balaban J connectivity index is 2.72. The van der Waals surface area contributed by atoms with Crippen LogP contribution in [-0.4, -0.2) is 9.67 Å². The van der Waals surface area contributed by atoms with Crippen molar-refractivity contribution in [3.8, 4) is 11.3 Å². The van der Waals surface area contributed by atoms with E-state index in [9.17, 15) is 14.3 Å². The van der Waals surface area contributed by atoms with Gasteiger partial charge in [-0.25, -0.2) is 4.39 Å². The molecule has 2 aromatic rings. The van der Waals surface area contributed by atoms with Gasteiger partial charge in [-0.2, -0.15) is 0 Å². The van der Waals surface area contributed by atoms with Gasteiger partial charge < -0.3 is 9.67 Å². The Bertz CT molecular complexity index is 711. The van der Waals surface area contributed by atoms with Gasteiger partial charge in [0, 0.05) is 11.6 Å². The smallest absolute Gasteiger partial charge is 0.257 e. The van der Waals surface area contributed by atoms with Crippen LogP contribution in [0.2, 0.25) is 0 Å². The van der Waals surface area contributed by atoms with E-state index in [1.165, 1.54) is 12.1 Å². The van der Waals surface area contributed by atoms with E-state index in [-0.39, 0.29) is 17.4 Å². The first kappa shape index (κ1) is 16.4. The highest BCUT2D eigenvalue weighted by atomic mass is 19.1. The highest BCUT2D eigenvalue weighted by Gasteiger charge is 2.23. The summed E-state index contributed by atoms with van der Waals surface area (Å²) in [5, 5.41) is 10.2. The first-order chi connectivity index (χ1) is 10.3. The third-order valence-corrected chi connectivity index (χ3v) is 3.95. The van der Waals surface area contributed by atoms with Gasteiger partial charge in [0.15, 0.2) is 0 Å². The fraction of sp³-hybridized carbons (Fsp3) is 0.389. The van der Waals surface area contributed by atoms with E-state index in [4.69, 9.17) is 0 Å². The number of benzene rings is 1. The molecule has 0 saturated carbocycles. The first-order valence-corrected chi connectivity index (χ1v) is 7.50. The van der Waals surface area contributed by atoms with E-state index < -0.39 is 5.60 Å². The molecule has 1 heterocycles. The van der Waals surface area contributed by atoms with Crippen LogP contribution >= 0.6 is 0 Å². The van der Waals surface area contributed by atoms with Gasteiger partial charge in [0.1, 0.15) is 5.82 Å². The number of pyridine rings is 1. The Kier molecular flexibility index (Phi) is 4.52. The van der Waals surface area contributed by atoms with Crippen LogP contribution in [0.5, 0.6) is 0 Å². The third-order valence-electron chi connectivity index (χ3n) is 3.95. The molecule has 0 aliphatic carbocycles. The molecule has 0 fully saturated rings. The number of halogens is 1. The van der Waals surface area contributed by atoms with Crippen LogP contribution < -0.4 is 5.56 Å². The summed E-state index contributed by atoms with van der Waals surface area (Å²) in [6.45, 7) is 7.16. The van der Waals surface area contributed by atoms with Crippen molar-refractivity contribution in [1.82, 2.24) is 4.57 Å². The largest absolute Gasteiger partial charge is 0.386 e. The van der Waals surface area contributed by atoms with Crippen LogP contribution in [0.1, 0.15) is 45.7 Å². The van der Waals surface area contributed by atoms with Crippen LogP contribution in [0.3, 0.4) is 0 Å². The second-order valence-electron chi connectivity index (χ2n) is 6.13. The van der Waals surface area contributed by atoms with Crippen molar-refractivity contribution in [2.45, 2.75) is 45.8 Å². The van der Waals surface area contributed by atoms with E-state index in [1.807, 2.05) is 19.9 Å². The van der Waals surface area contributed by atoms with Gasteiger partial charge in [0.05, 0.1) is 11.3 Å². The maximum absolute atomic E-state index is 13.1. The summed E-state index contributed by atoms with van der Waals surface area (Å²) in [5.74, 6) is -0.311. The van der Waals surface area contributed by atoms with Gasteiger partial charge in [0.25, 0.3) is 5.56 Å². The fourth-order valence-electron chi connectivity index (χ4n) is 2.49. The summed E-state index contributed by atoms with van der Waals surface area (Å²) < 4.78 is 14.8. The van der Waals surface area contributed by atoms with E-state index in [0.717, 1.165) is 17.7 Å².